The van der Waals surface area contributed by atoms with Crippen molar-refractivity contribution in [3.05, 3.63) is 12.2 Å². The second-order valence-corrected chi connectivity index (χ2v) is 3.67. The van der Waals surface area contributed by atoms with Crippen molar-refractivity contribution in [3.8, 4) is 0 Å². The fraction of sp³-hybridized carbons (Fsp3) is 0.818. The molecule has 1 rings (SSSR count). The van der Waals surface area contributed by atoms with Gasteiger partial charge in [-0.25, -0.2) is 0 Å². The predicted molar refractivity (Wildman–Crippen MR) is 50.5 cm³/mol. The Balaban J connectivity index is 2.29. The van der Waals surface area contributed by atoms with Gasteiger partial charge in [-0.05, 0) is 31.1 Å². The van der Waals surface area contributed by atoms with Crippen molar-refractivity contribution >= 4 is 0 Å². The summed E-state index contributed by atoms with van der Waals surface area (Å²) in [4.78, 5) is 0. The van der Waals surface area contributed by atoms with E-state index in [2.05, 4.69) is 32.9 Å². The van der Waals surface area contributed by atoms with Crippen molar-refractivity contribution in [1.29, 1.82) is 0 Å². The Kier molecular flexibility index (Phi) is 3.16. The van der Waals surface area contributed by atoms with Gasteiger partial charge in [0.1, 0.15) is 0 Å². The van der Waals surface area contributed by atoms with Crippen molar-refractivity contribution in [1.82, 2.24) is 0 Å². The molecule has 0 spiro atoms. The van der Waals surface area contributed by atoms with Crippen LogP contribution in [0.25, 0.3) is 0 Å². The van der Waals surface area contributed by atoms with Crippen LogP contribution in [-0.2, 0) is 0 Å². The largest absolute Gasteiger partial charge is 0.0914 e. The molecule has 0 heteroatoms. The van der Waals surface area contributed by atoms with Crippen molar-refractivity contribution < 1.29 is 0 Å². The van der Waals surface area contributed by atoms with E-state index in [1.165, 1.54) is 19.3 Å². The molecule has 0 bridgehead atoms. The number of hydrogen-bond acceptors (Lipinski definition) is 0. The van der Waals surface area contributed by atoms with Crippen LogP contribution in [0.3, 0.4) is 0 Å². The quantitative estimate of drug-likeness (QED) is 0.539. The van der Waals surface area contributed by atoms with Crippen molar-refractivity contribution in [2.45, 2.75) is 40.0 Å². The third-order valence-corrected chi connectivity index (χ3v) is 2.99. The van der Waals surface area contributed by atoms with E-state index in [1.807, 2.05) is 0 Å². The molecular formula is C11H20. The zero-order valence-electron chi connectivity index (χ0n) is 8.01. The summed E-state index contributed by atoms with van der Waals surface area (Å²) >= 11 is 0. The first-order valence-corrected chi connectivity index (χ1v) is 4.96. The van der Waals surface area contributed by atoms with Crippen molar-refractivity contribution in [2.75, 3.05) is 0 Å². The summed E-state index contributed by atoms with van der Waals surface area (Å²) in [6, 6.07) is 0. The van der Waals surface area contributed by atoms with Gasteiger partial charge < -0.3 is 0 Å². The fourth-order valence-corrected chi connectivity index (χ4v) is 2.14. The molecule has 0 aromatic rings. The van der Waals surface area contributed by atoms with Crippen LogP contribution >= 0.6 is 0 Å². The molecular weight excluding hydrogens is 132 g/mol. The van der Waals surface area contributed by atoms with Gasteiger partial charge >= 0.3 is 0 Å². The van der Waals surface area contributed by atoms with Crippen LogP contribution in [0.2, 0.25) is 0 Å². The van der Waals surface area contributed by atoms with E-state index < -0.39 is 0 Å². The summed E-state index contributed by atoms with van der Waals surface area (Å²) in [5, 5.41) is 0. The molecule has 0 saturated heterocycles. The maximum Gasteiger partial charge on any atom is -0.0199 e. The minimum Gasteiger partial charge on any atom is -0.0914 e. The van der Waals surface area contributed by atoms with Crippen LogP contribution in [0.15, 0.2) is 12.2 Å². The second-order valence-electron chi connectivity index (χ2n) is 3.67. The summed E-state index contributed by atoms with van der Waals surface area (Å²) in [7, 11) is 0. The first-order valence-electron chi connectivity index (χ1n) is 4.96. The van der Waals surface area contributed by atoms with Crippen LogP contribution in [0, 0.1) is 17.8 Å². The zero-order chi connectivity index (χ0) is 8.27. The smallest absolute Gasteiger partial charge is 0.0199 e. The lowest BCUT2D eigenvalue weighted by atomic mass is 9.96. The summed E-state index contributed by atoms with van der Waals surface area (Å²) in [6.45, 7) is 6.76. The molecule has 0 heterocycles. The molecule has 0 nitrogen and oxygen atoms in total. The molecule has 11 heavy (non-hydrogen) atoms. The predicted octanol–water partition coefficient (Wildman–Crippen LogP) is 3.63. The molecule has 0 amide bonds. The first-order chi connectivity index (χ1) is 5.33. The maximum absolute atomic E-state index is 2.38. The second kappa shape index (κ2) is 3.94. The minimum atomic E-state index is 0.935. The van der Waals surface area contributed by atoms with Gasteiger partial charge in [0.2, 0.25) is 0 Å². The SMILES string of the molecule is CC=CC1CC1C(CC)CC. The molecule has 1 saturated carbocycles. The third-order valence-electron chi connectivity index (χ3n) is 2.99. The lowest BCUT2D eigenvalue weighted by molar-refractivity contribution is 0.421. The van der Waals surface area contributed by atoms with Gasteiger partial charge in [-0.2, -0.15) is 0 Å². The van der Waals surface area contributed by atoms with Crippen LogP contribution in [0.5, 0.6) is 0 Å². The van der Waals surface area contributed by atoms with E-state index in [0.717, 1.165) is 17.8 Å². The molecule has 1 aliphatic rings. The molecule has 2 unspecified atom stereocenters. The average molecular weight is 152 g/mol. The number of allylic oxidation sites excluding steroid dienone is 2. The van der Waals surface area contributed by atoms with Crippen LogP contribution in [-0.4, -0.2) is 0 Å². The summed E-state index contributed by atoms with van der Waals surface area (Å²) in [5.41, 5.74) is 0. The molecule has 1 fully saturated rings. The normalized spacial score (nSPS) is 30.2. The van der Waals surface area contributed by atoms with Gasteiger partial charge in [-0.1, -0.05) is 38.8 Å². The van der Waals surface area contributed by atoms with E-state index in [4.69, 9.17) is 0 Å². The highest BCUT2D eigenvalue weighted by atomic mass is 14.4. The van der Waals surface area contributed by atoms with Crippen molar-refractivity contribution in [2.24, 2.45) is 17.8 Å². The Morgan fingerprint density at radius 3 is 2.45 bits per heavy atom. The Morgan fingerprint density at radius 2 is 2.00 bits per heavy atom. The van der Waals surface area contributed by atoms with Crippen LogP contribution in [0.1, 0.15) is 40.0 Å². The molecule has 0 radical (unpaired) electrons. The Labute approximate surface area is 70.7 Å². The zero-order valence-corrected chi connectivity index (χ0v) is 8.01. The van der Waals surface area contributed by atoms with Gasteiger partial charge in [0.25, 0.3) is 0 Å². The van der Waals surface area contributed by atoms with E-state index in [0.29, 0.717) is 0 Å². The molecule has 0 aromatic heterocycles. The maximum atomic E-state index is 2.38. The molecule has 2 atom stereocenters. The van der Waals surface area contributed by atoms with Crippen LogP contribution < -0.4 is 0 Å². The number of rotatable bonds is 4. The van der Waals surface area contributed by atoms with Gasteiger partial charge in [0, 0.05) is 0 Å². The lowest BCUT2D eigenvalue weighted by Gasteiger charge is -2.09. The molecule has 64 valence electrons. The lowest BCUT2D eigenvalue weighted by Crippen LogP contribution is -2.00. The third kappa shape index (κ3) is 2.08. The summed E-state index contributed by atoms with van der Waals surface area (Å²) in [6.07, 6.45) is 8.77. The van der Waals surface area contributed by atoms with Gasteiger partial charge in [0.15, 0.2) is 0 Å². The van der Waals surface area contributed by atoms with Gasteiger partial charge in [-0.3, -0.25) is 0 Å². The highest BCUT2D eigenvalue weighted by molar-refractivity contribution is 5.02. The van der Waals surface area contributed by atoms with E-state index in [1.54, 1.807) is 0 Å². The Bertz CT molecular complexity index is 131. The average Bonchev–Trinajstić information content (AvgIpc) is 2.72. The van der Waals surface area contributed by atoms with Crippen molar-refractivity contribution in [3.63, 3.8) is 0 Å². The minimum absolute atomic E-state index is 0.935. The van der Waals surface area contributed by atoms with E-state index in [9.17, 15) is 0 Å². The van der Waals surface area contributed by atoms with E-state index in [-0.39, 0.29) is 0 Å². The highest BCUT2D eigenvalue weighted by Gasteiger charge is 2.38. The molecule has 0 N–H and O–H groups in total. The van der Waals surface area contributed by atoms with Crippen LogP contribution in [0.4, 0.5) is 0 Å². The fourth-order valence-electron chi connectivity index (χ4n) is 2.14. The topological polar surface area (TPSA) is 0 Å². The van der Waals surface area contributed by atoms with E-state index >= 15 is 0 Å². The Hall–Kier alpha value is -0.260. The first kappa shape index (κ1) is 8.83. The molecule has 0 aliphatic heterocycles. The highest BCUT2D eigenvalue weighted by Crippen LogP contribution is 2.47. The summed E-state index contributed by atoms with van der Waals surface area (Å²) < 4.78 is 0. The van der Waals surface area contributed by atoms with Gasteiger partial charge in [0.05, 0.1) is 0 Å². The monoisotopic (exact) mass is 152 g/mol. The van der Waals surface area contributed by atoms with Gasteiger partial charge in [-0.15, -0.1) is 0 Å². The Morgan fingerprint density at radius 1 is 1.36 bits per heavy atom. The molecule has 1 aliphatic carbocycles. The summed E-state index contributed by atoms with van der Waals surface area (Å²) in [5.74, 6) is 2.96. The standard InChI is InChI=1S/C11H20/c1-4-7-10-8-11(10)9(5-2)6-3/h4,7,9-11H,5-6,8H2,1-3H3. The number of hydrogen-bond donors (Lipinski definition) is 0. The molecule has 0 aromatic carbocycles.